The molecule has 0 N–H and O–H groups in total. The molecule has 0 aliphatic carbocycles. The van der Waals surface area contributed by atoms with Gasteiger partial charge in [-0.1, -0.05) is 0 Å². The minimum absolute atomic E-state index is 0.133. The lowest BCUT2D eigenvalue weighted by Gasteiger charge is -1.85. The lowest BCUT2D eigenvalue weighted by atomic mass is 10.6. The van der Waals surface area contributed by atoms with E-state index in [9.17, 15) is 0 Å². The second-order valence-corrected chi connectivity index (χ2v) is 2.37. The molecule has 0 saturated carbocycles. The van der Waals surface area contributed by atoms with Gasteiger partial charge in [0, 0.05) is 0 Å². The standard InChI is InChI=1S/C3H4Cl2O/c4-3(5)2-1-6-2/h2-3H,1H2. The summed E-state index contributed by atoms with van der Waals surface area (Å²) in [4.78, 5) is -0.315. The molecule has 1 atom stereocenters. The molecule has 1 unspecified atom stereocenters. The van der Waals surface area contributed by atoms with Crippen LogP contribution in [0.3, 0.4) is 0 Å². The Balaban J connectivity index is 2.13. The predicted octanol–water partition coefficient (Wildman–Crippen LogP) is 1.19. The first-order chi connectivity index (χ1) is 2.80. The average molecular weight is 127 g/mol. The van der Waals surface area contributed by atoms with E-state index in [2.05, 4.69) is 0 Å². The molecule has 1 heterocycles. The van der Waals surface area contributed by atoms with E-state index in [0.717, 1.165) is 6.61 Å². The van der Waals surface area contributed by atoms with Crippen molar-refractivity contribution in [1.82, 2.24) is 0 Å². The molecule has 0 aromatic rings. The fourth-order valence-corrected chi connectivity index (χ4v) is 0.492. The minimum atomic E-state index is -0.315. The summed E-state index contributed by atoms with van der Waals surface area (Å²) >= 11 is 10.6. The van der Waals surface area contributed by atoms with Gasteiger partial charge in [-0.05, 0) is 0 Å². The van der Waals surface area contributed by atoms with Crippen LogP contribution >= 0.6 is 23.2 Å². The third-order valence-corrected chi connectivity index (χ3v) is 1.20. The Kier molecular flexibility index (Phi) is 1.22. The molecular weight excluding hydrogens is 123 g/mol. The molecule has 0 aromatic carbocycles. The van der Waals surface area contributed by atoms with Crippen molar-refractivity contribution in [3.05, 3.63) is 0 Å². The van der Waals surface area contributed by atoms with E-state index >= 15 is 0 Å². The molecular formula is C3H4Cl2O. The summed E-state index contributed by atoms with van der Waals surface area (Å²) in [5.41, 5.74) is 0. The van der Waals surface area contributed by atoms with Crippen molar-refractivity contribution in [3.8, 4) is 0 Å². The maximum absolute atomic E-state index is 5.32. The van der Waals surface area contributed by atoms with E-state index < -0.39 is 0 Å². The molecule has 0 amide bonds. The Morgan fingerprint density at radius 2 is 2.17 bits per heavy atom. The van der Waals surface area contributed by atoms with Gasteiger partial charge in [0.1, 0.15) is 10.9 Å². The van der Waals surface area contributed by atoms with Crippen molar-refractivity contribution in [2.24, 2.45) is 0 Å². The third-order valence-electron chi connectivity index (χ3n) is 0.640. The summed E-state index contributed by atoms with van der Waals surface area (Å²) in [7, 11) is 0. The minimum Gasteiger partial charge on any atom is -0.370 e. The molecule has 1 rings (SSSR count). The number of halogens is 2. The van der Waals surface area contributed by atoms with Gasteiger partial charge in [-0.3, -0.25) is 0 Å². The lowest BCUT2D eigenvalue weighted by Crippen LogP contribution is -1.94. The molecule has 1 saturated heterocycles. The highest BCUT2D eigenvalue weighted by molar-refractivity contribution is 6.44. The fourth-order valence-electron chi connectivity index (χ4n) is 0.201. The molecule has 0 aromatic heterocycles. The van der Waals surface area contributed by atoms with Crippen LogP contribution in [0.25, 0.3) is 0 Å². The van der Waals surface area contributed by atoms with Crippen LogP contribution in [0.2, 0.25) is 0 Å². The first kappa shape index (κ1) is 4.69. The van der Waals surface area contributed by atoms with Gasteiger partial charge < -0.3 is 4.74 Å². The summed E-state index contributed by atoms with van der Waals surface area (Å²) in [6, 6.07) is 0. The van der Waals surface area contributed by atoms with Crippen LogP contribution < -0.4 is 0 Å². The molecule has 0 spiro atoms. The summed E-state index contributed by atoms with van der Waals surface area (Å²) < 4.78 is 4.71. The summed E-state index contributed by atoms with van der Waals surface area (Å²) in [6.45, 7) is 0.734. The van der Waals surface area contributed by atoms with E-state index in [0.29, 0.717) is 0 Å². The van der Waals surface area contributed by atoms with Crippen LogP contribution in [0.15, 0.2) is 0 Å². The van der Waals surface area contributed by atoms with Gasteiger partial charge in [0.15, 0.2) is 0 Å². The van der Waals surface area contributed by atoms with Gasteiger partial charge in [-0.2, -0.15) is 0 Å². The Bertz CT molecular complexity index is 50.8. The summed E-state index contributed by atoms with van der Waals surface area (Å²) in [6.07, 6.45) is 0.133. The molecule has 1 aliphatic rings. The van der Waals surface area contributed by atoms with Gasteiger partial charge in [0.25, 0.3) is 0 Å². The van der Waals surface area contributed by atoms with Crippen LogP contribution in [0, 0.1) is 0 Å². The van der Waals surface area contributed by atoms with Crippen molar-refractivity contribution >= 4 is 23.2 Å². The van der Waals surface area contributed by atoms with Crippen molar-refractivity contribution in [3.63, 3.8) is 0 Å². The van der Waals surface area contributed by atoms with Crippen molar-refractivity contribution in [2.45, 2.75) is 10.9 Å². The molecule has 1 nitrogen and oxygen atoms in total. The van der Waals surface area contributed by atoms with E-state index in [4.69, 9.17) is 27.9 Å². The summed E-state index contributed by atoms with van der Waals surface area (Å²) in [5, 5.41) is 0. The predicted molar refractivity (Wildman–Crippen MR) is 25.2 cm³/mol. The van der Waals surface area contributed by atoms with Crippen LogP contribution in [-0.4, -0.2) is 17.5 Å². The Hall–Kier alpha value is 0.540. The SMILES string of the molecule is ClC(Cl)C1CO1. The Morgan fingerprint density at radius 1 is 1.67 bits per heavy atom. The highest BCUT2D eigenvalue weighted by Crippen LogP contribution is 2.21. The highest BCUT2D eigenvalue weighted by atomic mass is 35.5. The molecule has 6 heavy (non-hydrogen) atoms. The van der Waals surface area contributed by atoms with Gasteiger partial charge in [-0.15, -0.1) is 23.2 Å². The largest absolute Gasteiger partial charge is 0.370 e. The van der Waals surface area contributed by atoms with Crippen molar-refractivity contribution in [1.29, 1.82) is 0 Å². The van der Waals surface area contributed by atoms with Crippen LogP contribution in [-0.2, 0) is 4.74 Å². The number of epoxide rings is 1. The number of hydrogen-bond acceptors (Lipinski definition) is 1. The van der Waals surface area contributed by atoms with E-state index in [1.165, 1.54) is 0 Å². The van der Waals surface area contributed by atoms with Crippen LogP contribution in [0.4, 0.5) is 0 Å². The van der Waals surface area contributed by atoms with E-state index in [1.807, 2.05) is 0 Å². The molecule has 1 aliphatic heterocycles. The number of rotatable bonds is 1. The lowest BCUT2D eigenvalue weighted by molar-refractivity contribution is 0.418. The first-order valence-corrected chi connectivity index (χ1v) is 2.58. The van der Waals surface area contributed by atoms with Gasteiger partial charge in [-0.25, -0.2) is 0 Å². The first-order valence-electron chi connectivity index (χ1n) is 1.70. The highest BCUT2D eigenvalue weighted by Gasteiger charge is 2.29. The number of hydrogen-bond donors (Lipinski definition) is 0. The van der Waals surface area contributed by atoms with E-state index in [-0.39, 0.29) is 10.9 Å². The smallest absolute Gasteiger partial charge is 0.136 e. The van der Waals surface area contributed by atoms with Gasteiger partial charge in [0.2, 0.25) is 0 Å². The Labute approximate surface area is 46.2 Å². The van der Waals surface area contributed by atoms with Gasteiger partial charge >= 0.3 is 0 Å². The zero-order valence-electron chi connectivity index (χ0n) is 3.03. The zero-order chi connectivity index (χ0) is 4.57. The topological polar surface area (TPSA) is 12.5 Å². The Morgan fingerprint density at radius 3 is 2.17 bits per heavy atom. The molecule has 36 valence electrons. The van der Waals surface area contributed by atoms with Crippen LogP contribution in [0.5, 0.6) is 0 Å². The van der Waals surface area contributed by atoms with Crippen LogP contribution in [0.1, 0.15) is 0 Å². The molecule has 1 fully saturated rings. The normalized spacial score (nSPS) is 31.5. The summed E-state index contributed by atoms with van der Waals surface area (Å²) in [5.74, 6) is 0. The number of alkyl halides is 2. The molecule has 0 bridgehead atoms. The van der Waals surface area contributed by atoms with Crippen molar-refractivity contribution < 1.29 is 4.74 Å². The average Bonchev–Trinajstić information content (AvgIpc) is 2.06. The van der Waals surface area contributed by atoms with Crippen molar-refractivity contribution in [2.75, 3.05) is 6.61 Å². The quantitative estimate of drug-likeness (QED) is 0.380. The monoisotopic (exact) mass is 126 g/mol. The maximum Gasteiger partial charge on any atom is 0.136 e. The van der Waals surface area contributed by atoms with E-state index in [1.54, 1.807) is 0 Å². The molecule has 0 radical (unpaired) electrons. The third kappa shape index (κ3) is 1.00. The molecule has 3 heteroatoms. The van der Waals surface area contributed by atoms with Gasteiger partial charge in [0.05, 0.1) is 6.61 Å². The second kappa shape index (κ2) is 1.57. The number of ether oxygens (including phenoxy) is 1. The fraction of sp³-hybridized carbons (Fsp3) is 1.00. The zero-order valence-corrected chi connectivity index (χ0v) is 4.54. The second-order valence-electron chi connectivity index (χ2n) is 1.21. The maximum atomic E-state index is 5.32.